The predicted molar refractivity (Wildman–Crippen MR) is 105 cm³/mol. The Morgan fingerprint density at radius 2 is 2.07 bits per heavy atom. The molecular formula is C19H18ClFN4OS. The maximum Gasteiger partial charge on any atom is 0.233 e. The summed E-state index contributed by atoms with van der Waals surface area (Å²) in [6, 6.07) is 13.6. The van der Waals surface area contributed by atoms with Crippen LogP contribution in [0.5, 0.6) is 0 Å². The van der Waals surface area contributed by atoms with Gasteiger partial charge in [-0.25, -0.2) is 4.39 Å². The summed E-state index contributed by atoms with van der Waals surface area (Å²) < 4.78 is 15.1. The van der Waals surface area contributed by atoms with E-state index in [9.17, 15) is 9.18 Å². The molecule has 1 heterocycles. The first-order valence-corrected chi connectivity index (χ1v) is 9.74. The molecule has 0 fully saturated rings. The van der Waals surface area contributed by atoms with Gasteiger partial charge in [0.25, 0.3) is 0 Å². The van der Waals surface area contributed by atoms with Crippen LogP contribution < -0.4 is 0 Å². The van der Waals surface area contributed by atoms with Crippen LogP contribution >= 0.6 is 23.4 Å². The molecule has 0 spiro atoms. The van der Waals surface area contributed by atoms with Crippen LogP contribution in [0.25, 0.3) is 5.69 Å². The van der Waals surface area contributed by atoms with Gasteiger partial charge in [0.05, 0.1) is 11.4 Å². The molecule has 3 rings (SSSR count). The fourth-order valence-electron chi connectivity index (χ4n) is 2.58. The highest BCUT2D eigenvalue weighted by Gasteiger charge is 2.15. The van der Waals surface area contributed by atoms with E-state index in [2.05, 4.69) is 10.2 Å². The van der Waals surface area contributed by atoms with Crippen molar-refractivity contribution < 1.29 is 9.18 Å². The summed E-state index contributed by atoms with van der Waals surface area (Å²) >= 11 is 7.34. The van der Waals surface area contributed by atoms with Gasteiger partial charge in [-0.05, 0) is 42.8 Å². The molecule has 1 amide bonds. The molecule has 0 aliphatic rings. The van der Waals surface area contributed by atoms with Gasteiger partial charge in [-0.1, -0.05) is 41.6 Å². The number of amides is 1. The third-order valence-corrected chi connectivity index (χ3v) is 5.09. The van der Waals surface area contributed by atoms with Crippen LogP contribution in [0.1, 0.15) is 12.5 Å². The number of rotatable bonds is 7. The molecule has 140 valence electrons. The van der Waals surface area contributed by atoms with E-state index < -0.39 is 0 Å². The summed E-state index contributed by atoms with van der Waals surface area (Å²) in [5.74, 6) is -0.144. The van der Waals surface area contributed by atoms with Gasteiger partial charge < -0.3 is 4.90 Å². The molecular weight excluding hydrogens is 387 g/mol. The summed E-state index contributed by atoms with van der Waals surface area (Å²) in [4.78, 5) is 14.3. The predicted octanol–water partition coefficient (Wildman–Crippen LogP) is 4.20. The molecule has 0 aliphatic carbocycles. The highest BCUT2D eigenvalue weighted by atomic mass is 35.5. The van der Waals surface area contributed by atoms with Crippen molar-refractivity contribution in [3.63, 3.8) is 0 Å². The van der Waals surface area contributed by atoms with E-state index in [0.717, 1.165) is 11.3 Å². The number of carbonyl (C=O) groups is 1. The average molecular weight is 405 g/mol. The Morgan fingerprint density at radius 3 is 2.81 bits per heavy atom. The van der Waals surface area contributed by atoms with Crippen molar-refractivity contribution in [2.24, 2.45) is 0 Å². The second-order valence-corrected chi connectivity index (χ2v) is 7.17. The van der Waals surface area contributed by atoms with Crippen LogP contribution in [-0.4, -0.2) is 37.9 Å². The monoisotopic (exact) mass is 404 g/mol. The Hall–Kier alpha value is -2.38. The van der Waals surface area contributed by atoms with Crippen molar-refractivity contribution in [3.8, 4) is 5.69 Å². The average Bonchev–Trinajstić information content (AvgIpc) is 3.13. The van der Waals surface area contributed by atoms with Crippen molar-refractivity contribution >= 4 is 29.3 Å². The third kappa shape index (κ3) is 5.08. The van der Waals surface area contributed by atoms with Crippen LogP contribution in [-0.2, 0) is 11.3 Å². The number of thioether (sulfide) groups is 1. The lowest BCUT2D eigenvalue weighted by Crippen LogP contribution is -2.31. The number of aromatic nitrogens is 3. The maximum absolute atomic E-state index is 13.4. The molecule has 8 heteroatoms. The van der Waals surface area contributed by atoms with E-state index in [4.69, 9.17) is 11.6 Å². The molecule has 27 heavy (non-hydrogen) atoms. The Kier molecular flexibility index (Phi) is 6.47. The summed E-state index contributed by atoms with van der Waals surface area (Å²) in [5.41, 5.74) is 1.59. The van der Waals surface area contributed by atoms with Gasteiger partial charge in [0, 0.05) is 18.1 Å². The minimum atomic E-state index is -0.306. The lowest BCUT2D eigenvalue weighted by Gasteiger charge is -2.20. The van der Waals surface area contributed by atoms with E-state index in [1.165, 1.54) is 23.9 Å². The first-order valence-electron chi connectivity index (χ1n) is 8.38. The normalized spacial score (nSPS) is 10.8. The second kappa shape index (κ2) is 9.01. The highest BCUT2D eigenvalue weighted by molar-refractivity contribution is 7.99. The molecule has 1 aromatic heterocycles. The van der Waals surface area contributed by atoms with Crippen molar-refractivity contribution in [3.05, 3.63) is 71.3 Å². The molecule has 0 saturated heterocycles. The van der Waals surface area contributed by atoms with Crippen LogP contribution in [0.4, 0.5) is 4.39 Å². The topological polar surface area (TPSA) is 51.0 Å². The van der Waals surface area contributed by atoms with E-state index in [0.29, 0.717) is 23.3 Å². The molecule has 0 saturated carbocycles. The Balaban J connectivity index is 1.66. The first kappa shape index (κ1) is 19.4. The van der Waals surface area contributed by atoms with Crippen molar-refractivity contribution in [2.75, 3.05) is 12.3 Å². The van der Waals surface area contributed by atoms with Crippen LogP contribution in [0.3, 0.4) is 0 Å². The van der Waals surface area contributed by atoms with E-state index in [1.54, 1.807) is 34.0 Å². The number of hydrogen-bond donors (Lipinski definition) is 0. The zero-order valence-corrected chi connectivity index (χ0v) is 16.3. The van der Waals surface area contributed by atoms with E-state index in [-0.39, 0.29) is 17.5 Å². The minimum Gasteiger partial charge on any atom is -0.338 e. The van der Waals surface area contributed by atoms with Crippen LogP contribution in [0.15, 0.2) is 60.0 Å². The first-order chi connectivity index (χ1) is 13.1. The zero-order chi connectivity index (χ0) is 19.2. The van der Waals surface area contributed by atoms with Gasteiger partial charge in [-0.2, -0.15) is 0 Å². The number of benzene rings is 2. The molecule has 3 aromatic rings. The SMILES string of the molecule is CCN(Cc1cccc(F)c1)C(=O)CSc1nncn1-c1cccc(Cl)c1. The van der Waals surface area contributed by atoms with Gasteiger partial charge in [0.15, 0.2) is 5.16 Å². The number of nitrogens with zero attached hydrogens (tertiary/aromatic N) is 4. The van der Waals surface area contributed by atoms with E-state index >= 15 is 0 Å². The molecule has 2 aromatic carbocycles. The standard InChI is InChI=1S/C19H18ClFN4OS/c1-2-24(11-14-5-3-7-16(21)9-14)18(26)12-27-19-23-22-13-25(19)17-8-4-6-15(20)10-17/h3-10,13H,2,11-12H2,1H3. The van der Waals surface area contributed by atoms with Gasteiger partial charge in [-0.15, -0.1) is 10.2 Å². The largest absolute Gasteiger partial charge is 0.338 e. The Labute approximate surface area is 166 Å². The maximum atomic E-state index is 13.4. The smallest absolute Gasteiger partial charge is 0.233 e. The third-order valence-electron chi connectivity index (χ3n) is 3.92. The van der Waals surface area contributed by atoms with Crippen molar-refractivity contribution in [1.82, 2.24) is 19.7 Å². The van der Waals surface area contributed by atoms with Crippen molar-refractivity contribution in [2.45, 2.75) is 18.6 Å². The van der Waals surface area contributed by atoms with Crippen LogP contribution in [0.2, 0.25) is 5.02 Å². The summed E-state index contributed by atoms with van der Waals surface area (Å²) in [6.07, 6.45) is 1.59. The highest BCUT2D eigenvalue weighted by Crippen LogP contribution is 2.22. The molecule has 0 N–H and O–H groups in total. The van der Waals surface area contributed by atoms with Gasteiger partial charge in [0.2, 0.25) is 5.91 Å². The molecule has 0 bridgehead atoms. The molecule has 0 unspecified atom stereocenters. The van der Waals surface area contributed by atoms with Gasteiger partial charge >= 0.3 is 0 Å². The van der Waals surface area contributed by atoms with Crippen LogP contribution in [0, 0.1) is 5.82 Å². The summed E-state index contributed by atoms with van der Waals surface area (Å²) in [7, 11) is 0. The fraction of sp³-hybridized carbons (Fsp3) is 0.211. The van der Waals surface area contributed by atoms with E-state index in [1.807, 2.05) is 25.1 Å². The Bertz CT molecular complexity index is 933. The molecule has 5 nitrogen and oxygen atoms in total. The number of halogens is 2. The zero-order valence-electron chi connectivity index (χ0n) is 14.7. The fourth-order valence-corrected chi connectivity index (χ4v) is 3.59. The quantitative estimate of drug-likeness (QED) is 0.554. The van der Waals surface area contributed by atoms with Gasteiger partial charge in [-0.3, -0.25) is 9.36 Å². The minimum absolute atomic E-state index is 0.0487. The molecule has 0 aliphatic heterocycles. The van der Waals surface area contributed by atoms with Crippen molar-refractivity contribution in [1.29, 1.82) is 0 Å². The van der Waals surface area contributed by atoms with Gasteiger partial charge in [0.1, 0.15) is 12.1 Å². The lowest BCUT2D eigenvalue weighted by molar-refractivity contribution is -0.128. The second-order valence-electron chi connectivity index (χ2n) is 5.79. The number of carbonyl (C=O) groups excluding carboxylic acids is 1. The summed E-state index contributed by atoms with van der Waals surface area (Å²) in [6.45, 7) is 2.81. The molecule has 0 atom stereocenters. The Morgan fingerprint density at radius 1 is 1.26 bits per heavy atom. The summed E-state index contributed by atoms with van der Waals surface area (Å²) in [5, 5.41) is 9.23. The lowest BCUT2D eigenvalue weighted by atomic mass is 10.2. The number of hydrogen-bond acceptors (Lipinski definition) is 4. The molecule has 0 radical (unpaired) electrons.